The van der Waals surface area contributed by atoms with Crippen LogP contribution in [0, 0.1) is 0 Å². The quantitative estimate of drug-likeness (QED) is 0.272. The van der Waals surface area contributed by atoms with Gasteiger partial charge in [0.1, 0.15) is 5.75 Å². The number of halogens is 1. The predicted molar refractivity (Wildman–Crippen MR) is 105 cm³/mol. The third-order valence-electron chi connectivity index (χ3n) is 3.87. The van der Waals surface area contributed by atoms with Crippen LogP contribution in [0.1, 0.15) is 6.42 Å². The van der Waals surface area contributed by atoms with Crippen LogP contribution in [0.15, 0.2) is 41.4 Å². The Morgan fingerprint density at radius 3 is 2.76 bits per heavy atom. The fourth-order valence-electron chi connectivity index (χ4n) is 2.71. The highest BCUT2D eigenvalue weighted by molar-refractivity contribution is 6.31. The predicted octanol–water partition coefficient (Wildman–Crippen LogP) is 3.13. The molecule has 7 heteroatoms. The summed E-state index contributed by atoms with van der Waals surface area (Å²) >= 11 is 6.13. The van der Waals surface area contributed by atoms with Gasteiger partial charge in [0.15, 0.2) is 5.96 Å². The minimum atomic E-state index is 0.110. The van der Waals surface area contributed by atoms with Crippen molar-refractivity contribution < 1.29 is 4.74 Å². The van der Waals surface area contributed by atoms with Crippen LogP contribution in [0.5, 0.6) is 5.75 Å². The van der Waals surface area contributed by atoms with Gasteiger partial charge in [-0.05, 0) is 42.8 Å². The van der Waals surface area contributed by atoms with Crippen molar-refractivity contribution in [3.63, 3.8) is 0 Å². The number of hydrogen-bond acceptors (Lipinski definition) is 4. The number of nitrogens with two attached hydrogens (primary N) is 2. The van der Waals surface area contributed by atoms with Gasteiger partial charge < -0.3 is 21.5 Å². The third kappa shape index (κ3) is 3.85. The number of ether oxygens (including phenoxy) is 1. The van der Waals surface area contributed by atoms with Crippen molar-refractivity contribution in [2.45, 2.75) is 6.42 Å². The second-order valence-electron chi connectivity index (χ2n) is 5.62. The zero-order valence-electron chi connectivity index (χ0n) is 13.9. The van der Waals surface area contributed by atoms with E-state index in [-0.39, 0.29) is 5.96 Å². The smallest absolute Gasteiger partial charge is 0.185 e. The maximum Gasteiger partial charge on any atom is 0.185 e. The zero-order chi connectivity index (χ0) is 17.8. The first-order valence-corrected chi connectivity index (χ1v) is 8.32. The van der Waals surface area contributed by atoms with E-state index in [0.717, 1.165) is 46.2 Å². The molecule has 0 bridgehead atoms. The standard InChI is InChI=1S/C18H20ClN5O/c1-25-12-4-6-15-14(10-12)17(22-7-2-8-23-18(20)21)13-5-3-11(19)9-16(13)24-15/h3-6,9-10H,2,7-8H2,1H3,(H,22,24)(H4,20,21,23). The first-order valence-electron chi connectivity index (χ1n) is 7.95. The van der Waals surface area contributed by atoms with E-state index in [1.54, 1.807) is 7.11 Å². The number of nitrogens with zero attached hydrogens (tertiary/aromatic N) is 2. The van der Waals surface area contributed by atoms with Crippen LogP contribution < -0.4 is 21.5 Å². The number of rotatable bonds is 6. The molecule has 0 fully saturated rings. The number of aliphatic imine (C=N–C) groups is 1. The number of hydrogen-bond donors (Lipinski definition) is 3. The van der Waals surface area contributed by atoms with E-state index in [1.807, 2.05) is 36.4 Å². The number of pyridine rings is 1. The number of anilines is 1. The normalized spacial score (nSPS) is 10.8. The monoisotopic (exact) mass is 357 g/mol. The average molecular weight is 358 g/mol. The summed E-state index contributed by atoms with van der Waals surface area (Å²) in [6.07, 6.45) is 0.806. The lowest BCUT2D eigenvalue weighted by atomic mass is 10.1. The molecule has 0 atom stereocenters. The SMILES string of the molecule is COc1ccc2nc3cc(Cl)ccc3c(NCCCN=C(N)N)c2c1. The highest BCUT2D eigenvalue weighted by atomic mass is 35.5. The summed E-state index contributed by atoms with van der Waals surface area (Å²) < 4.78 is 5.36. The van der Waals surface area contributed by atoms with E-state index in [4.69, 9.17) is 32.8 Å². The summed E-state index contributed by atoms with van der Waals surface area (Å²) in [5.74, 6) is 0.894. The van der Waals surface area contributed by atoms with Gasteiger partial charge >= 0.3 is 0 Å². The lowest BCUT2D eigenvalue weighted by Gasteiger charge is -2.14. The number of aromatic nitrogens is 1. The Morgan fingerprint density at radius 2 is 2.00 bits per heavy atom. The number of guanidine groups is 1. The van der Waals surface area contributed by atoms with Crippen LogP contribution in [-0.2, 0) is 0 Å². The van der Waals surface area contributed by atoms with Crippen molar-refractivity contribution >= 4 is 45.1 Å². The Morgan fingerprint density at radius 1 is 1.16 bits per heavy atom. The molecule has 0 spiro atoms. The van der Waals surface area contributed by atoms with Gasteiger partial charge in [0.05, 0.1) is 23.8 Å². The van der Waals surface area contributed by atoms with Gasteiger partial charge in [-0.15, -0.1) is 0 Å². The molecule has 5 N–H and O–H groups in total. The molecule has 0 aliphatic rings. The molecular weight excluding hydrogens is 338 g/mol. The van der Waals surface area contributed by atoms with Crippen molar-refractivity contribution in [1.82, 2.24) is 4.98 Å². The van der Waals surface area contributed by atoms with Crippen LogP contribution in [0.2, 0.25) is 5.02 Å². The molecule has 1 heterocycles. The van der Waals surface area contributed by atoms with Gasteiger partial charge in [-0.3, -0.25) is 4.99 Å². The van der Waals surface area contributed by atoms with E-state index in [9.17, 15) is 0 Å². The third-order valence-corrected chi connectivity index (χ3v) is 4.11. The summed E-state index contributed by atoms with van der Waals surface area (Å²) in [5.41, 5.74) is 13.4. The van der Waals surface area contributed by atoms with Crippen molar-refractivity contribution in [2.75, 3.05) is 25.5 Å². The summed E-state index contributed by atoms with van der Waals surface area (Å²) in [4.78, 5) is 8.71. The van der Waals surface area contributed by atoms with Gasteiger partial charge in [-0.1, -0.05) is 11.6 Å². The van der Waals surface area contributed by atoms with E-state index >= 15 is 0 Å². The average Bonchev–Trinajstić information content (AvgIpc) is 2.59. The van der Waals surface area contributed by atoms with E-state index in [0.29, 0.717) is 11.6 Å². The van der Waals surface area contributed by atoms with Crippen LogP contribution in [-0.4, -0.2) is 31.1 Å². The number of methoxy groups -OCH3 is 1. The van der Waals surface area contributed by atoms with E-state index in [1.165, 1.54) is 0 Å². The molecule has 1 aromatic heterocycles. The minimum absolute atomic E-state index is 0.110. The Hall–Kier alpha value is -2.73. The lowest BCUT2D eigenvalue weighted by molar-refractivity contribution is 0.415. The van der Waals surface area contributed by atoms with Crippen LogP contribution >= 0.6 is 11.6 Å². The second kappa shape index (κ2) is 7.44. The maximum absolute atomic E-state index is 6.13. The van der Waals surface area contributed by atoms with Crippen LogP contribution in [0.3, 0.4) is 0 Å². The molecule has 0 unspecified atom stereocenters. The number of nitrogens with one attached hydrogen (secondary N) is 1. The van der Waals surface area contributed by atoms with Crippen molar-refractivity contribution in [2.24, 2.45) is 16.5 Å². The molecule has 0 aliphatic heterocycles. The maximum atomic E-state index is 6.13. The van der Waals surface area contributed by atoms with Gasteiger partial charge in [0.2, 0.25) is 0 Å². The molecule has 0 saturated carbocycles. The van der Waals surface area contributed by atoms with Crippen molar-refractivity contribution in [3.8, 4) is 5.75 Å². The van der Waals surface area contributed by atoms with E-state index < -0.39 is 0 Å². The molecule has 25 heavy (non-hydrogen) atoms. The van der Waals surface area contributed by atoms with E-state index in [2.05, 4.69) is 10.3 Å². The summed E-state index contributed by atoms with van der Waals surface area (Å²) in [5, 5.41) is 6.15. The Kier molecular flexibility index (Phi) is 5.09. The fourth-order valence-corrected chi connectivity index (χ4v) is 2.88. The van der Waals surface area contributed by atoms with Gasteiger partial charge in [-0.25, -0.2) is 4.98 Å². The van der Waals surface area contributed by atoms with Gasteiger partial charge in [0.25, 0.3) is 0 Å². The number of fused-ring (bicyclic) bond motifs is 2. The molecule has 0 saturated heterocycles. The first-order chi connectivity index (χ1) is 12.1. The lowest BCUT2D eigenvalue weighted by Crippen LogP contribution is -2.23. The molecule has 0 amide bonds. The Balaban J connectivity index is 2.02. The summed E-state index contributed by atoms with van der Waals surface area (Å²) in [6.45, 7) is 1.30. The molecule has 6 nitrogen and oxygen atoms in total. The molecule has 0 aliphatic carbocycles. The second-order valence-corrected chi connectivity index (χ2v) is 6.05. The first kappa shape index (κ1) is 17.1. The zero-order valence-corrected chi connectivity index (χ0v) is 14.7. The highest BCUT2D eigenvalue weighted by Gasteiger charge is 2.10. The van der Waals surface area contributed by atoms with Crippen LogP contribution in [0.4, 0.5) is 5.69 Å². The van der Waals surface area contributed by atoms with Crippen LogP contribution in [0.25, 0.3) is 21.8 Å². The summed E-state index contributed by atoms with van der Waals surface area (Å²) in [6, 6.07) is 11.5. The van der Waals surface area contributed by atoms with Crippen molar-refractivity contribution in [3.05, 3.63) is 41.4 Å². The fraction of sp³-hybridized carbons (Fsp3) is 0.222. The molecular formula is C18H20ClN5O. The Labute approximate surface area is 150 Å². The molecule has 0 radical (unpaired) electrons. The molecule has 3 aromatic rings. The molecule has 2 aromatic carbocycles. The molecule has 130 valence electrons. The minimum Gasteiger partial charge on any atom is -0.497 e. The Bertz CT molecular complexity index is 938. The largest absolute Gasteiger partial charge is 0.497 e. The summed E-state index contributed by atoms with van der Waals surface area (Å²) in [7, 11) is 1.65. The van der Waals surface area contributed by atoms with Crippen molar-refractivity contribution in [1.29, 1.82) is 0 Å². The highest BCUT2D eigenvalue weighted by Crippen LogP contribution is 2.34. The number of benzene rings is 2. The molecule has 3 rings (SSSR count). The van der Waals surface area contributed by atoms with Gasteiger partial charge in [0, 0.05) is 28.9 Å². The van der Waals surface area contributed by atoms with Gasteiger partial charge in [-0.2, -0.15) is 0 Å². The topological polar surface area (TPSA) is 98.5 Å².